The summed E-state index contributed by atoms with van der Waals surface area (Å²) in [5.74, 6) is 0. The summed E-state index contributed by atoms with van der Waals surface area (Å²) in [6.07, 6.45) is -4.30. The number of halogens is 4. The molecule has 0 fully saturated rings. The number of nitrogens with two attached hydrogens (primary N) is 1. The molecule has 0 radical (unpaired) electrons. The second-order valence-corrected chi connectivity index (χ2v) is 3.87. The van der Waals surface area contributed by atoms with Crippen molar-refractivity contribution < 1.29 is 18.3 Å². The maximum Gasteiger partial charge on any atom is 0.417 e. The smallest absolute Gasteiger partial charge is 0.395 e. The highest BCUT2D eigenvalue weighted by atomic mass is 35.5. The lowest BCUT2D eigenvalue weighted by molar-refractivity contribution is -0.137. The minimum absolute atomic E-state index is 0.177. The quantitative estimate of drug-likeness (QED) is 0.868. The fraction of sp³-hybridized carbons (Fsp3) is 0.400. The van der Waals surface area contributed by atoms with Crippen molar-refractivity contribution in [3.8, 4) is 0 Å². The molecule has 0 heterocycles. The van der Waals surface area contributed by atoms with E-state index in [1.165, 1.54) is 12.1 Å². The zero-order chi connectivity index (χ0) is 12.3. The molecular formula is C10H11ClF3NO. The number of hydrogen-bond acceptors (Lipinski definition) is 2. The molecule has 1 aromatic carbocycles. The molecule has 16 heavy (non-hydrogen) atoms. The molecule has 0 aliphatic carbocycles. The van der Waals surface area contributed by atoms with Crippen LogP contribution in [0.25, 0.3) is 0 Å². The van der Waals surface area contributed by atoms with Crippen LogP contribution >= 0.6 is 11.6 Å². The summed E-state index contributed by atoms with van der Waals surface area (Å²) in [6.45, 7) is -0.274. The van der Waals surface area contributed by atoms with Crippen molar-refractivity contribution in [3.63, 3.8) is 0 Å². The minimum Gasteiger partial charge on any atom is -0.395 e. The Morgan fingerprint density at radius 3 is 2.50 bits per heavy atom. The van der Waals surface area contributed by atoms with Crippen LogP contribution in [-0.2, 0) is 12.6 Å². The van der Waals surface area contributed by atoms with Crippen LogP contribution in [0, 0.1) is 0 Å². The van der Waals surface area contributed by atoms with Crippen LogP contribution in [0.15, 0.2) is 18.2 Å². The first kappa shape index (κ1) is 13.3. The van der Waals surface area contributed by atoms with Crippen LogP contribution in [0.4, 0.5) is 13.2 Å². The van der Waals surface area contributed by atoms with E-state index in [-0.39, 0.29) is 18.1 Å². The van der Waals surface area contributed by atoms with Crippen molar-refractivity contribution in [2.45, 2.75) is 18.6 Å². The van der Waals surface area contributed by atoms with Gasteiger partial charge in [-0.1, -0.05) is 17.7 Å². The molecule has 0 aliphatic heterocycles. The van der Waals surface area contributed by atoms with Gasteiger partial charge in [-0.15, -0.1) is 0 Å². The largest absolute Gasteiger partial charge is 0.417 e. The standard InChI is InChI=1S/C10H11ClF3NO/c11-9-2-1-6(3-7(15)5-16)4-8(9)10(12,13)14/h1-2,4,7,16H,3,5,15H2. The zero-order valence-electron chi connectivity index (χ0n) is 8.26. The molecule has 90 valence electrons. The van der Waals surface area contributed by atoms with E-state index in [0.717, 1.165) is 6.07 Å². The predicted molar refractivity (Wildman–Crippen MR) is 55.2 cm³/mol. The highest BCUT2D eigenvalue weighted by molar-refractivity contribution is 6.31. The van der Waals surface area contributed by atoms with Gasteiger partial charge in [0.05, 0.1) is 17.2 Å². The van der Waals surface area contributed by atoms with Gasteiger partial charge < -0.3 is 10.8 Å². The van der Waals surface area contributed by atoms with Gasteiger partial charge in [-0.05, 0) is 24.1 Å². The first-order valence-electron chi connectivity index (χ1n) is 4.56. The lowest BCUT2D eigenvalue weighted by atomic mass is 10.0. The lowest BCUT2D eigenvalue weighted by Gasteiger charge is -2.12. The van der Waals surface area contributed by atoms with E-state index in [0.29, 0.717) is 5.56 Å². The van der Waals surface area contributed by atoms with Crippen LogP contribution < -0.4 is 5.73 Å². The summed E-state index contributed by atoms with van der Waals surface area (Å²) in [4.78, 5) is 0. The Morgan fingerprint density at radius 2 is 2.00 bits per heavy atom. The molecule has 0 aliphatic rings. The molecule has 3 N–H and O–H groups in total. The molecule has 6 heteroatoms. The van der Waals surface area contributed by atoms with Gasteiger partial charge in [-0.2, -0.15) is 13.2 Å². The van der Waals surface area contributed by atoms with Crippen LogP contribution in [0.5, 0.6) is 0 Å². The maximum absolute atomic E-state index is 12.5. The fourth-order valence-electron chi connectivity index (χ4n) is 1.28. The van der Waals surface area contributed by atoms with Crippen molar-refractivity contribution in [1.29, 1.82) is 0 Å². The Labute approximate surface area is 95.8 Å². The molecule has 2 nitrogen and oxygen atoms in total. The maximum atomic E-state index is 12.5. The number of hydrogen-bond donors (Lipinski definition) is 2. The first-order valence-corrected chi connectivity index (χ1v) is 4.94. The van der Waals surface area contributed by atoms with Crippen molar-refractivity contribution in [1.82, 2.24) is 0 Å². The van der Waals surface area contributed by atoms with E-state index in [4.69, 9.17) is 22.4 Å². The first-order chi connectivity index (χ1) is 7.34. The van der Waals surface area contributed by atoms with Crippen LogP contribution in [-0.4, -0.2) is 17.8 Å². The van der Waals surface area contributed by atoms with Crippen molar-refractivity contribution in [3.05, 3.63) is 34.3 Å². The Hall–Kier alpha value is -0.780. The van der Waals surface area contributed by atoms with Gasteiger partial charge >= 0.3 is 6.18 Å². The SMILES string of the molecule is NC(CO)Cc1ccc(Cl)c(C(F)(F)F)c1. The van der Waals surface area contributed by atoms with E-state index in [1.807, 2.05) is 0 Å². The van der Waals surface area contributed by atoms with Gasteiger partial charge in [0.1, 0.15) is 0 Å². The predicted octanol–water partition coefficient (Wildman–Crippen LogP) is 2.22. The average molecular weight is 254 g/mol. The topological polar surface area (TPSA) is 46.2 Å². The Bertz CT molecular complexity index is 368. The fourth-order valence-corrected chi connectivity index (χ4v) is 1.51. The van der Waals surface area contributed by atoms with Crippen LogP contribution in [0.1, 0.15) is 11.1 Å². The van der Waals surface area contributed by atoms with Gasteiger partial charge in [-0.25, -0.2) is 0 Å². The van der Waals surface area contributed by atoms with E-state index >= 15 is 0 Å². The minimum atomic E-state index is -4.48. The van der Waals surface area contributed by atoms with Crippen molar-refractivity contribution in [2.24, 2.45) is 5.73 Å². The highest BCUT2D eigenvalue weighted by Crippen LogP contribution is 2.35. The van der Waals surface area contributed by atoms with Crippen molar-refractivity contribution in [2.75, 3.05) is 6.61 Å². The molecule has 0 spiro atoms. The van der Waals surface area contributed by atoms with Gasteiger partial charge in [0.15, 0.2) is 0 Å². The third-order valence-electron chi connectivity index (χ3n) is 2.07. The van der Waals surface area contributed by atoms with Gasteiger partial charge in [0, 0.05) is 6.04 Å². The Morgan fingerprint density at radius 1 is 1.38 bits per heavy atom. The molecule has 0 aromatic heterocycles. The van der Waals surface area contributed by atoms with E-state index in [9.17, 15) is 13.2 Å². The summed E-state index contributed by atoms with van der Waals surface area (Å²) in [5.41, 5.74) is 4.96. The zero-order valence-corrected chi connectivity index (χ0v) is 9.02. The molecule has 0 saturated heterocycles. The third kappa shape index (κ3) is 3.37. The highest BCUT2D eigenvalue weighted by Gasteiger charge is 2.33. The third-order valence-corrected chi connectivity index (χ3v) is 2.40. The van der Waals surface area contributed by atoms with Crippen LogP contribution in [0.2, 0.25) is 5.02 Å². The molecule has 0 bridgehead atoms. The summed E-state index contributed by atoms with van der Waals surface area (Å²) < 4.78 is 37.4. The molecule has 1 rings (SSSR count). The summed E-state index contributed by atoms with van der Waals surface area (Å²) in [7, 11) is 0. The monoisotopic (exact) mass is 253 g/mol. The Kier molecular flexibility index (Phi) is 4.18. The van der Waals surface area contributed by atoms with E-state index in [2.05, 4.69) is 0 Å². The Balaban J connectivity index is 2.99. The van der Waals surface area contributed by atoms with Gasteiger partial charge in [0.2, 0.25) is 0 Å². The molecule has 1 atom stereocenters. The average Bonchev–Trinajstić information content (AvgIpc) is 2.19. The van der Waals surface area contributed by atoms with Crippen LogP contribution in [0.3, 0.4) is 0 Å². The second-order valence-electron chi connectivity index (χ2n) is 3.46. The summed E-state index contributed by atoms with van der Waals surface area (Å²) in [5, 5.41) is 8.37. The molecular weight excluding hydrogens is 243 g/mol. The summed E-state index contributed by atoms with van der Waals surface area (Å²) in [6, 6.07) is 3.04. The number of aliphatic hydroxyl groups excluding tert-OH is 1. The van der Waals surface area contributed by atoms with Gasteiger partial charge in [-0.3, -0.25) is 0 Å². The number of rotatable bonds is 3. The molecule has 1 aromatic rings. The number of aliphatic hydroxyl groups is 1. The van der Waals surface area contributed by atoms with Crippen molar-refractivity contribution >= 4 is 11.6 Å². The molecule has 1 unspecified atom stereocenters. The van der Waals surface area contributed by atoms with E-state index < -0.39 is 17.8 Å². The number of alkyl halides is 3. The van der Waals surface area contributed by atoms with E-state index in [1.54, 1.807) is 0 Å². The second kappa shape index (κ2) is 5.03. The number of benzene rings is 1. The molecule has 0 amide bonds. The molecule has 0 saturated carbocycles. The lowest BCUT2D eigenvalue weighted by Crippen LogP contribution is -2.27. The van der Waals surface area contributed by atoms with Gasteiger partial charge in [0.25, 0.3) is 0 Å². The summed E-state index contributed by atoms with van der Waals surface area (Å²) >= 11 is 5.45. The normalized spacial score (nSPS) is 13.9.